The Hall–Kier alpha value is -1.44. The summed E-state index contributed by atoms with van der Waals surface area (Å²) >= 11 is 0. The Morgan fingerprint density at radius 1 is 0.703 bits per heavy atom. The zero-order chi connectivity index (χ0) is 29.7. The van der Waals surface area contributed by atoms with Crippen molar-refractivity contribution in [3.8, 4) is 0 Å². The number of ether oxygens (including phenoxy) is 2. The highest BCUT2D eigenvalue weighted by atomic mass is 32.2. The molecule has 0 aromatic heterocycles. The Morgan fingerprint density at radius 2 is 0.946 bits per heavy atom. The number of esters is 2. The number of ketones is 1. The van der Waals surface area contributed by atoms with Crippen molar-refractivity contribution >= 4 is 27.6 Å². The zero-order valence-corrected chi connectivity index (χ0v) is 26.7. The van der Waals surface area contributed by atoms with E-state index in [9.17, 15) is 22.8 Å². The minimum absolute atomic E-state index is 0. The molecule has 0 rings (SSSR count). The molecule has 0 aliphatic carbocycles. The fourth-order valence-corrected chi connectivity index (χ4v) is 0.788. The Bertz CT molecular complexity index is 640. The average Bonchev–Trinajstić information content (AvgIpc) is 2.60. The Balaban J connectivity index is -0.0000000623. The molecule has 0 aliphatic heterocycles. The van der Waals surface area contributed by atoms with Crippen molar-refractivity contribution in [1.82, 2.24) is 0 Å². The van der Waals surface area contributed by atoms with E-state index in [4.69, 9.17) is 9.47 Å². The zero-order valence-electron chi connectivity index (χ0n) is 25.9. The standard InChI is InChI=1S/C8H16O2.C7H14O2.C5H10O.C4H10O2S.C3H8.2CH4/c1-6(2)7(9)10-8(3,4)5;1-5(2)7(8)9-6(3)4;1-4(2)5(3)6;1-4(2)7(3,5)6;1-3-2;;/h6H,1-5H3;5-6H,1-4H3;4H,1-3H3;4H,1-3H3;3H2,1-2H3;2*1H4. The van der Waals surface area contributed by atoms with Crippen LogP contribution < -0.4 is 0 Å². The first-order valence-corrected chi connectivity index (χ1v) is 14.4. The van der Waals surface area contributed by atoms with E-state index in [-0.39, 0.29) is 67.3 Å². The van der Waals surface area contributed by atoms with E-state index < -0.39 is 9.84 Å². The van der Waals surface area contributed by atoms with Gasteiger partial charge in [0, 0.05) is 12.2 Å². The summed E-state index contributed by atoms with van der Waals surface area (Å²) in [7, 11) is -2.74. The van der Waals surface area contributed by atoms with Gasteiger partial charge in [-0.3, -0.25) is 14.4 Å². The maximum absolute atomic E-state index is 10.9. The molecule has 0 spiro atoms. The summed E-state index contributed by atoms with van der Waals surface area (Å²) in [6, 6.07) is 0. The molecule has 0 saturated heterocycles. The summed E-state index contributed by atoms with van der Waals surface area (Å²) < 4.78 is 30.6. The van der Waals surface area contributed by atoms with Crippen molar-refractivity contribution in [3.05, 3.63) is 0 Å². The normalized spacial score (nSPS) is 10.1. The third-order valence-corrected chi connectivity index (χ3v) is 5.08. The lowest BCUT2D eigenvalue weighted by Gasteiger charge is -2.20. The molecule has 0 N–H and O–H groups in total. The molecule has 0 aromatic carbocycles. The summed E-state index contributed by atoms with van der Waals surface area (Å²) in [4.78, 5) is 31.8. The smallest absolute Gasteiger partial charge is 0.308 e. The van der Waals surface area contributed by atoms with Gasteiger partial charge < -0.3 is 9.47 Å². The Kier molecular flexibility index (Phi) is 38.8. The van der Waals surface area contributed by atoms with Crippen LogP contribution in [-0.4, -0.2) is 49.4 Å². The van der Waals surface area contributed by atoms with Crippen LogP contribution in [0.2, 0.25) is 0 Å². The van der Waals surface area contributed by atoms with Crippen molar-refractivity contribution < 1.29 is 32.3 Å². The number of hydrogen-bond donors (Lipinski definition) is 0. The molecular weight excluding hydrogens is 492 g/mol. The summed E-state index contributed by atoms with van der Waals surface area (Å²) in [5.41, 5.74) is -0.346. The van der Waals surface area contributed by atoms with Crippen LogP contribution in [0.4, 0.5) is 0 Å². The van der Waals surface area contributed by atoms with Gasteiger partial charge in [-0.2, -0.15) is 0 Å². The third kappa shape index (κ3) is 56.1. The molecule has 0 unspecified atom stereocenters. The van der Waals surface area contributed by atoms with Crippen molar-refractivity contribution in [1.29, 1.82) is 0 Å². The Morgan fingerprint density at radius 3 is 1.00 bits per heavy atom. The number of carbonyl (C=O) groups excluding carboxylic acids is 3. The van der Waals surface area contributed by atoms with E-state index in [1.54, 1.807) is 20.8 Å². The highest BCUT2D eigenvalue weighted by Crippen LogP contribution is 2.10. The van der Waals surface area contributed by atoms with Crippen molar-refractivity contribution in [2.24, 2.45) is 17.8 Å². The number of Topliss-reactive ketones (excluding diaryl/α,β-unsaturated/α-hetero) is 1. The number of rotatable bonds is 5. The molecule has 0 heterocycles. The second-order valence-electron chi connectivity index (χ2n) is 10.7. The number of carbonyl (C=O) groups is 3. The van der Waals surface area contributed by atoms with Gasteiger partial charge in [0.05, 0.1) is 23.2 Å². The molecule has 37 heavy (non-hydrogen) atoms. The number of sulfone groups is 1. The van der Waals surface area contributed by atoms with Crippen molar-refractivity contribution in [2.75, 3.05) is 6.26 Å². The van der Waals surface area contributed by atoms with Gasteiger partial charge in [-0.25, -0.2) is 8.42 Å². The molecule has 8 heteroatoms. The molecule has 0 radical (unpaired) electrons. The number of hydrogen-bond acceptors (Lipinski definition) is 7. The monoisotopic (exact) mass is 558 g/mol. The molecule has 0 saturated carbocycles. The largest absolute Gasteiger partial charge is 0.463 e. The molecule has 0 aromatic rings. The van der Waals surface area contributed by atoms with Gasteiger partial charge in [0.25, 0.3) is 0 Å². The predicted octanol–water partition coefficient (Wildman–Crippen LogP) is 7.94. The fourth-order valence-electron chi connectivity index (χ4n) is 0.788. The molecule has 230 valence electrons. The molecule has 0 aliphatic rings. The first-order chi connectivity index (χ1) is 15.4. The lowest BCUT2D eigenvalue weighted by Crippen LogP contribution is -2.26. The van der Waals surface area contributed by atoms with Gasteiger partial charge in [-0.15, -0.1) is 0 Å². The maximum Gasteiger partial charge on any atom is 0.308 e. The van der Waals surface area contributed by atoms with Crippen LogP contribution in [0.25, 0.3) is 0 Å². The minimum Gasteiger partial charge on any atom is -0.463 e. The average molecular weight is 559 g/mol. The molecule has 0 bridgehead atoms. The van der Waals surface area contributed by atoms with Crippen LogP contribution in [0.1, 0.15) is 132 Å². The van der Waals surface area contributed by atoms with Gasteiger partial charge in [-0.1, -0.05) is 76.7 Å². The van der Waals surface area contributed by atoms with E-state index in [1.165, 1.54) is 12.7 Å². The lowest BCUT2D eigenvalue weighted by molar-refractivity contribution is -0.158. The van der Waals surface area contributed by atoms with E-state index in [0.717, 1.165) is 0 Å². The van der Waals surface area contributed by atoms with Crippen molar-refractivity contribution in [2.45, 2.75) is 149 Å². The van der Waals surface area contributed by atoms with Gasteiger partial charge in [0.15, 0.2) is 0 Å². The molecule has 0 amide bonds. The van der Waals surface area contributed by atoms with Crippen molar-refractivity contribution in [3.63, 3.8) is 0 Å². The van der Waals surface area contributed by atoms with E-state index >= 15 is 0 Å². The summed E-state index contributed by atoms with van der Waals surface area (Å²) in [5, 5.41) is -0.229. The first kappa shape index (κ1) is 52.1. The van der Waals surface area contributed by atoms with Gasteiger partial charge in [-0.05, 0) is 55.4 Å². The minimum atomic E-state index is -2.74. The summed E-state index contributed by atoms with van der Waals surface area (Å²) in [5.74, 6) is 0.184. The summed E-state index contributed by atoms with van der Waals surface area (Å²) in [6.45, 7) is 29.6. The predicted molar refractivity (Wildman–Crippen MR) is 162 cm³/mol. The summed E-state index contributed by atoms with van der Waals surface area (Å²) in [6.07, 6.45) is 2.50. The van der Waals surface area contributed by atoms with Crippen LogP contribution >= 0.6 is 0 Å². The highest BCUT2D eigenvalue weighted by molar-refractivity contribution is 7.91. The van der Waals surface area contributed by atoms with Gasteiger partial charge in [0.2, 0.25) is 0 Å². The van der Waals surface area contributed by atoms with Crippen LogP contribution in [0.5, 0.6) is 0 Å². The van der Waals surface area contributed by atoms with E-state index in [2.05, 4.69) is 13.8 Å². The highest BCUT2D eigenvalue weighted by Gasteiger charge is 2.18. The third-order valence-electron chi connectivity index (χ3n) is 3.37. The van der Waals surface area contributed by atoms with Crippen LogP contribution in [0.3, 0.4) is 0 Å². The molecule has 0 fully saturated rings. The SMILES string of the molecule is C.C.CC(=O)C(C)C.CC(C)C(=O)OC(C)(C)C.CC(C)OC(=O)C(C)C.CC(C)S(C)(=O)=O.CCC. The maximum atomic E-state index is 10.9. The van der Waals surface area contributed by atoms with E-state index in [0.29, 0.717) is 0 Å². The second kappa shape index (κ2) is 27.6. The van der Waals surface area contributed by atoms with Crippen LogP contribution in [-0.2, 0) is 33.7 Å². The first-order valence-electron chi connectivity index (χ1n) is 12.5. The van der Waals surface area contributed by atoms with Crippen LogP contribution in [0.15, 0.2) is 0 Å². The molecule has 0 atom stereocenters. The Labute approximate surface area is 232 Å². The molecular formula is C29H66O7S. The lowest BCUT2D eigenvalue weighted by atomic mass is 10.1. The quantitative estimate of drug-likeness (QED) is 0.315. The fraction of sp³-hybridized carbons (Fsp3) is 0.897. The second-order valence-corrected chi connectivity index (χ2v) is 13.3. The van der Waals surface area contributed by atoms with Gasteiger partial charge in [0.1, 0.15) is 21.2 Å². The topological polar surface area (TPSA) is 104 Å². The van der Waals surface area contributed by atoms with Crippen LogP contribution in [0, 0.1) is 17.8 Å². The van der Waals surface area contributed by atoms with Gasteiger partial charge >= 0.3 is 11.9 Å². The molecule has 7 nitrogen and oxygen atoms in total. The van der Waals surface area contributed by atoms with E-state index in [1.807, 2.05) is 76.2 Å².